The average Bonchev–Trinajstić information content (AvgIpc) is 2.40. The summed E-state index contributed by atoms with van der Waals surface area (Å²) in [5.74, 6) is 0.779. The monoisotopic (exact) mass is 231 g/mol. The summed E-state index contributed by atoms with van der Waals surface area (Å²) < 4.78 is 5.99. The van der Waals surface area contributed by atoms with Gasteiger partial charge < -0.3 is 4.74 Å². The van der Waals surface area contributed by atoms with E-state index in [1.165, 1.54) is 37.8 Å². The highest BCUT2D eigenvalue weighted by atomic mass is 16.5. The van der Waals surface area contributed by atoms with Gasteiger partial charge in [0.1, 0.15) is 0 Å². The van der Waals surface area contributed by atoms with Crippen LogP contribution in [-0.4, -0.2) is 24.3 Å². The molecule has 0 spiro atoms. The van der Waals surface area contributed by atoms with Crippen molar-refractivity contribution in [3.05, 3.63) is 35.9 Å². The van der Waals surface area contributed by atoms with Crippen LogP contribution in [0.5, 0.6) is 0 Å². The third kappa shape index (κ3) is 2.70. The lowest BCUT2D eigenvalue weighted by atomic mass is 9.85. The highest BCUT2D eigenvalue weighted by molar-refractivity contribution is 5.14. The van der Waals surface area contributed by atoms with E-state index in [0.717, 1.165) is 19.2 Å². The summed E-state index contributed by atoms with van der Waals surface area (Å²) >= 11 is 0. The molecule has 0 unspecified atom stereocenters. The molecule has 1 aliphatic carbocycles. The molecule has 1 saturated heterocycles. The Bertz CT molecular complexity index is 351. The minimum absolute atomic E-state index is 0.552. The van der Waals surface area contributed by atoms with Crippen molar-refractivity contribution in [1.29, 1.82) is 0 Å². The minimum atomic E-state index is 0.552. The molecule has 0 radical (unpaired) electrons. The van der Waals surface area contributed by atoms with E-state index in [-0.39, 0.29) is 0 Å². The first-order valence-electron chi connectivity index (χ1n) is 6.80. The van der Waals surface area contributed by atoms with Crippen LogP contribution < -0.4 is 0 Å². The summed E-state index contributed by atoms with van der Waals surface area (Å²) in [7, 11) is 0. The minimum Gasteiger partial charge on any atom is -0.363 e. The molecule has 2 nitrogen and oxygen atoms in total. The van der Waals surface area contributed by atoms with Crippen molar-refractivity contribution in [1.82, 2.24) is 4.90 Å². The van der Waals surface area contributed by atoms with E-state index in [0.29, 0.717) is 6.10 Å². The first-order valence-corrected chi connectivity index (χ1v) is 6.80. The molecule has 2 atom stereocenters. The fourth-order valence-corrected chi connectivity index (χ4v) is 3.14. The second kappa shape index (κ2) is 5.19. The lowest BCUT2D eigenvalue weighted by Crippen LogP contribution is -2.45. The van der Waals surface area contributed by atoms with Gasteiger partial charge in [0.25, 0.3) is 0 Å². The molecule has 17 heavy (non-hydrogen) atoms. The molecule has 0 bridgehead atoms. The molecule has 2 fully saturated rings. The van der Waals surface area contributed by atoms with Gasteiger partial charge in [0.05, 0.1) is 12.8 Å². The van der Waals surface area contributed by atoms with Gasteiger partial charge in [-0.25, -0.2) is 0 Å². The van der Waals surface area contributed by atoms with E-state index in [9.17, 15) is 0 Å². The molecule has 1 heterocycles. The Kier molecular flexibility index (Phi) is 3.44. The lowest BCUT2D eigenvalue weighted by molar-refractivity contribution is -0.119. The maximum absolute atomic E-state index is 5.99. The van der Waals surface area contributed by atoms with Crippen molar-refractivity contribution in [2.24, 2.45) is 5.92 Å². The number of hydrogen-bond donors (Lipinski definition) is 0. The smallest absolute Gasteiger partial charge is 0.0997 e. The SMILES string of the molecule is c1ccc(CN2CO[C@@H]3CCCC[C@@H]3C2)cc1. The molecule has 0 amide bonds. The van der Waals surface area contributed by atoms with Gasteiger partial charge in [0.2, 0.25) is 0 Å². The molecule has 2 heteroatoms. The Labute approximate surface area is 104 Å². The Morgan fingerprint density at radius 1 is 1.12 bits per heavy atom. The van der Waals surface area contributed by atoms with Crippen LogP contribution >= 0.6 is 0 Å². The molecule has 1 aliphatic heterocycles. The zero-order chi connectivity index (χ0) is 11.5. The number of rotatable bonds is 2. The number of nitrogens with zero attached hydrogens (tertiary/aromatic N) is 1. The zero-order valence-corrected chi connectivity index (χ0v) is 10.3. The van der Waals surface area contributed by atoms with Crippen LogP contribution in [0.3, 0.4) is 0 Å². The Morgan fingerprint density at radius 2 is 1.94 bits per heavy atom. The van der Waals surface area contributed by atoms with Gasteiger partial charge in [-0.3, -0.25) is 4.90 Å². The van der Waals surface area contributed by atoms with E-state index in [1.807, 2.05) is 0 Å². The van der Waals surface area contributed by atoms with Crippen LogP contribution in [0.25, 0.3) is 0 Å². The van der Waals surface area contributed by atoms with Gasteiger partial charge in [-0.15, -0.1) is 0 Å². The number of benzene rings is 1. The second-order valence-corrected chi connectivity index (χ2v) is 5.38. The summed E-state index contributed by atoms with van der Waals surface area (Å²) in [6.45, 7) is 3.07. The molecule has 2 aliphatic rings. The fourth-order valence-electron chi connectivity index (χ4n) is 3.14. The highest BCUT2D eigenvalue weighted by Crippen LogP contribution is 2.31. The average molecular weight is 231 g/mol. The molecule has 1 aromatic carbocycles. The standard InChI is InChI=1S/C15H21NO/c1-2-6-13(7-3-1)10-16-11-14-8-4-5-9-15(14)17-12-16/h1-3,6-7,14-15H,4-5,8-12H2/t14-,15-/m1/s1. The largest absolute Gasteiger partial charge is 0.363 e. The van der Waals surface area contributed by atoms with Gasteiger partial charge in [0.15, 0.2) is 0 Å². The zero-order valence-electron chi connectivity index (χ0n) is 10.3. The third-order valence-electron chi connectivity index (χ3n) is 4.05. The van der Waals surface area contributed by atoms with Crippen molar-refractivity contribution in [2.45, 2.75) is 38.3 Å². The van der Waals surface area contributed by atoms with Crippen LogP contribution in [0, 0.1) is 5.92 Å². The van der Waals surface area contributed by atoms with E-state index in [2.05, 4.69) is 35.2 Å². The molecule has 0 N–H and O–H groups in total. The molecule has 1 aromatic rings. The van der Waals surface area contributed by atoms with Crippen LogP contribution in [0.15, 0.2) is 30.3 Å². The van der Waals surface area contributed by atoms with E-state index >= 15 is 0 Å². The Hall–Kier alpha value is -0.860. The summed E-state index contributed by atoms with van der Waals surface area (Å²) in [5, 5.41) is 0. The predicted molar refractivity (Wildman–Crippen MR) is 68.6 cm³/mol. The number of fused-ring (bicyclic) bond motifs is 1. The van der Waals surface area contributed by atoms with E-state index < -0.39 is 0 Å². The summed E-state index contributed by atoms with van der Waals surface area (Å²) in [4.78, 5) is 2.45. The number of ether oxygens (including phenoxy) is 1. The van der Waals surface area contributed by atoms with Gasteiger partial charge in [-0.05, 0) is 24.3 Å². The van der Waals surface area contributed by atoms with Gasteiger partial charge in [-0.2, -0.15) is 0 Å². The van der Waals surface area contributed by atoms with Crippen molar-refractivity contribution < 1.29 is 4.74 Å². The molecule has 1 saturated carbocycles. The first kappa shape index (κ1) is 11.2. The number of hydrogen-bond acceptors (Lipinski definition) is 2. The van der Waals surface area contributed by atoms with Crippen LogP contribution in [0.4, 0.5) is 0 Å². The van der Waals surface area contributed by atoms with E-state index in [4.69, 9.17) is 4.74 Å². The molecular formula is C15H21NO. The normalized spacial score (nSPS) is 29.9. The second-order valence-electron chi connectivity index (χ2n) is 5.38. The summed E-state index contributed by atoms with van der Waals surface area (Å²) in [6.07, 6.45) is 5.94. The van der Waals surface area contributed by atoms with Gasteiger partial charge in [-0.1, -0.05) is 43.2 Å². The van der Waals surface area contributed by atoms with Crippen molar-refractivity contribution in [3.63, 3.8) is 0 Å². The first-order chi connectivity index (χ1) is 8.42. The molecule has 92 valence electrons. The van der Waals surface area contributed by atoms with Gasteiger partial charge >= 0.3 is 0 Å². The molecule has 0 aromatic heterocycles. The Morgan fingerprint density at radius 3 is 2.82 bits per heavy atom. The third-order valence-corrected chi connectivity index (χ3v) is 4.05. The van der Waals surface area contributed by atoms with Crippen LogP contribution in [0.2, 0.25) is 0 Å². The van der Waals surface area contributed by atoms with E-state index in [1.54, 1.807) is 0 Å². The quantitative estimate of drug-likeness (QED) is 0.775. The van der Waals surface area contributed by atoms with Crippen molar-refractivity contribution in [2.75, 3.05) is 13.3 Å². The maximum Gasteiger partial charge on any atom is 0.0997 e. The van der Waals surface area contributed by atoms with Crippen molar-refractivity contribution >= 4 is 0 Å². The van der Waals surface area contributed by atoms with Crippen LogP contribution in [0.1, 0.15) is 31.2 Å². The fraction of sp³-hybridized carbons (Fsp3) is 0.600. The summed E-state index contributed by atoms with van der Waals surface area (Å²) in [5.41, 5.74) is 1.39. The lowest BCUT2D eigenvalue weighted by Gasteiger charge is -2.41. The Balaban J connectivity index is 1.59. The molecular weight excluding hydrogens is 210 g/mol. The predicted octanol–water partition coefficient (Wildman–Crippen LogP) is 3.04. The topological polar surface area (TPSA) is 12.5 Å². The van der Waals surface area contributed by atoms with Crippen molar-refractivity contribution in [3.8, 4) is 0 Å². The van der Waals surface area contributed by atoms with Crippen LogP contribution in [-0.2, 0) is 11.3 Å². The van der Waals surface area contributed by atoms with Gasteiger partial charge in [0, 0.05) is 13.1 Å². The maximum atomic E-state index is 5.99. The highest BCUT2D eigenvalue weighted by Gasteiger charge is 2.31. The molecule has 3 rings (SSSR count). The summed E-state index contributed by atoms with van der Waals surface area (Å²) in [6, 6.07) is 10.7.